The molecule has 5 aromatic rings. The van der Waals surface area contributed by atoms with Gasteiger partial charge >= 0.3 is 0 Å². The van der Waals surface area contributed by atoms with Crippen LogP contribution in [0.25, 0.3) is 11.0 Å². The fraction of sp³-hybridized carbons (Fsp3) is 0.509. The number of morpholine rings is 1. The molecule has 1 aliphatic carbocycles. The van der Waals surface area contributed by atoms with Crippen molar-refractivity contribution in [3.8, 4) is 11.6 Å². The lowest BCUT2D eigenvalue weighted by molar-refractivity contribution is -0.384. The zero-order valence-electron chi connectivity index (χ0n) is 41.3. The van der Waals surface area contributed by atoms with Crippen molar-refractivity contribution in [3.05, 3.63) is 99.7 Å². The number of ether oxygens (including phenoxy) is 4. The number of aromatic nitrogens is 2. The van der Waals surface area contributed by atoms with Crippen LogP contribution in [-0.4, -0.2) is 136 Å². The first-order valence-corrected chi connectivity index (χ1v) is 27.1. The Labute approximate surface area is 420 Å². The van der Waals surface area contributed by atoms with E-state index in [9.17, 15) is 23.3 Å². The second-order valence-electron chi connectivity index (χ2n) is 20.8. The van der Waals surface area contributed by atoms with E-state index in [-0.39, 0.29) is 41.1 Å². The molecule has 1 saturated carbocycles. The molecule has 11 rings (SSSR count). The molecule has 0 radical (unpaired) electrons. The number of benzene rings is 3. The number of carbonyl (C=O) groups is 1. The molecule has 3 N–H and O–H groups in total. The summed E-state index contributed by atoms with van der Waals surface area (Å²) in [4.78, 5) is 43.4. The number of aromatic amines is 1. The van der Waals surface area contributed by atoms with Crippen LogP contribution in [0, 0.1) is 15.5 Å². The minimum absolute atomic E-state index is 0.0211. The first kappa shape index (κ1) is 48.3. The molecule has 1 spiro atoms. The van der Waals surface area contributed by atoms with E-state index < -0.39 is 31.4 Å². The number of pyridine rings is 1. The zero-order chi connectivity index (χ0) is 49.7. The Kier molecular flexibility index (Phi) is 13.3. The van der Waals surface area contributed by atoms with E-state index in [1.54, 1.807) is 6.07 Å². The number of nitro groups is 1. The highest BCUT2D eigenvalue weighted by Crippen LogP contribution is 2.54. The summed E-state index contributed by atoms with van der Waals surface area (Å²) in [6.45, 7) is 14.5. The molecule has 7 heterocycles. The van der Waals surface area contributed by atoms with Crippen LogP contribution in [0.15, 0.2) is 77.8 Å². The maximum Gasteiger partial charge on any atom is 0.297 e. The number of sulfonamides is 1. The molecular weight excluding hydrogens is 939 g/mol. The predicted octanol–water partition coefficient (Wildman–Crippen LogP) is 7.74. The summed E-state index contributed by atoms with van der Waals surface area (Å²) < 4.78 is 54.6. The van der Waals surface area contributed by atoms with Gasteiger partial charge in [-0.25, -0.2) is 13.1 Å². The lowest BCUT2D eigenvalue weighted by atomic mass is 9.59. The second kappa shape index (κ2) is 19.8. The van der Waals surface area contributed by atoms with Gasteiger partial charge in [0.2, 0.25) is 5.88 Å². The number of hydrogen-bond acceptors (Lipinski definition) is 15. The fourth-order valence-corrected chi connectivity index (χ4v) is 13.1. The minimum Gasteiger partial charge on any atom is -0.489 e. The first-order chi connectivity index (χ1) is 34.8. The number of fused-ring (bicyclic) bond motifs is 3. The molecule has 4 fully saturated rings. The number of carbonyl (C=O) groups excluding carboxylic acids is 1. The Morgan fingerprint density at radius 3 is 2.49 bits per heavy atom. The molecule has 1 unspecified atom stereocenters. The van der Waals surface area contributed by atoms with Gasteiger partial charge in [0.25, 0.3) is 21.6 Å². The Morgan fingerprint density at radius 2 is 1.69 bits per heavy atom. The van der Waals surface area contributed by atoms with E-state index in [1.165, 1.54) is 17.2 Å². The third-order valence-electron chi connectivity index (χ3n) is 16.0. The van der Waals surface area contributed by atoms with E-state index in [2.05, 4.69) is 74.8 Å². The Morgan fingerprint density at radius 1 is 0.917 bits per heavy atom. The molecular formula is C53H65N9O9S. The number of anilines is 4. The topological polar surface area (TPSA) is 197 Å². The minimum atomic E-state index is -4.68. The summed E-state index contributed by atoms with van der Waals surface area (Å²) in [7, 11) is -4.68. The summed E-state index contributed by atoms with van der Waals surface area (Å²) in [6.07, 6.45) is 7.75. The van der Waals surface area contributed by atoms with Crippen LogP contribution < -0.4 is 29.3 Å². The third kappa shape index (κ3) is 9.45. The quantitative estimate of drug-likeness (QED) is 0.0858. The lowest BCUT2D eigenvalue weighted by Crippen LogP contribution is -2.56. The molecule has 5 aliphatic heterocycles. The maximum absolute atomic E-state index is 14.7. The molecule has 1 amide bonds. The van der Waals surface area contributed by atoms with Crippen LogP contribution in [0.5, 0.6) is 11.6 Å². The molecule has 2 aromatic heterocycles. The smallest absolute Gasteiger partial charge is 0.297 e. The standard InChI is InChI=1S/C53H65N9O9S/c1-34(2)41-6-4-5-7-42(41)44-12-21-68-25-20-60(44)39-30-53(31-39)13-16-59(17-14-53)38-8-9-43(45(27-38)61-35(3)11-22-70-52-47(61)26-36-10-15-54-50(36)56-52)51(63)57-72(66,67)40-28-46(62(64)65)49-48(29-40)71-33-37(55-49)32-58-18-23-69-24-19-58/h4-10,15,26-29,34-35,37,39,44,55H,11-14,16-25,30-33H2,1-3H3,(H,54,56)(H,57,63)/t35-,37+,44?/m1/s1. The van der Waals surface area contributed by atoms with Gasteiger partial charge < -0.3 is 39.0 Å². The van der Waals surface area contributed by atoms with Gasteiger partial charge in [-0.2, -0.15) is 4.98 Å². The van der Waals surface area contributed by atoms with Crippen molar-refractivity contribution in [2.75, 3.05) is 94.0 Å². The Bertz CT molecular complexity index is 2950. The van der Waals surface area contributed by atoms with E-state index >= 15 is 0 Å². The van der Waals surface area contributed by atoms with Crippen LogP contribution >= 0.6 is 0 Å². The van der Waals surface area contributed by atoms with Gasteiger partial charge in [-0.15, -0.1) is 0 Å². The van der Waals surface area contributed by atoms with E-state index in [1.807, 2.05) is 35.4 Å². The van der Waals surface area contributed by atoms with Gasteiger partial charge in [-0.05, 0) is 91.8 Å². The van der Waals surface area contributed by atoms with Crippen LogP contribution in [-0.2, 0) is 19.5 Å². The van der Waals surface area contributed by atoms with Crippen molar-refractivity contribution >= 4 is 55.4 Å². The van der Waals surface area contributed by atoms with Gasteiger partial charge in [0, 0.05) is 99.8 Å². The average molecular weight is 1000 g/mol. The van der Waals surface area contributed by atoms with E-state index in [0.29, 0.717) is 73.7 Å². The number of amides is 1. The van der Waals surface area contributed by atoms with Gasteiger partial charge in [0.05, 0.1) is 53.5 Å². The summed E-state index contributed by atoms with van der Waals surface area (Å²) in [6, 6.07) is 21.0. The van der Waals surface area contributed by atoms with Gasteiger partial charge in [0.1, 0.15) is 17.9 Å². The summed E-state index contributed by atoms with van der Waals surface area (Å²) in [5.74, 6) is -0.0282. The molecule has 3 saturated heterocycles. The van der Waals surface area contributed by atoms with Gasteiger partial charge in [-0.1, -0.05) is 38.1 Å². The molecule has 19 heteroatoms. The molecule has 3 atom stereocenters. The molecule has 382 valence electrons. The van der Waals surface area contributed by atoms with E-state index in [4.69, 9.17) is 23.9 Å². The maximum atomic E-state index is 14.7. The van der Waals surface area contributed by atoms with Crippen LogP contribution in [0.3, 0.4) is 0 Å². The van der Waals surface area contributed by atoms with Gasteiger partial charge in [-0.3, -0.25) is 24.7 Å². The first-order valence-electron chi connectivity index (χ1n) is 25.6. The molecule has 18 nitrogen and oxygen atoms in total. The molecule has 72 heavy (non-hydrogen) atoms. The van der Waals surface area contributed by atoms with Crippen molar-refractivity contribution < 1.29 is 37.1 Å². The SMILES string of the molecule is CC(C)c1ccccc1C1CCOCCN1C1CC2(CCN(c3ccc(C(=O)NS(=O)(=O)c4cc5c(c([N+](=O)[O-])c4)N[C@@H](CN4CCOCC4)CO5)c(N4c5cc6cc[nH]c6nc5OCC[C@H]4C)c3)CC2)C1. The lowest BCUT2D eigenvalue weighted by Gasteiger charge is -2.56. The number of nitrogens with zero attached hydrogens (tertiary/aromatic N) is 6. The number of nitrogens with one attached hydrogen (secondary N) is 3. The number of H-pyrrole nitrogens is 1. The van der Waals surface area contributed by atoms with Crippen LogP contribution in [0.4, 0.5) is 28.4 Å². The number of piperidine rings is 1. The largest absolute Gasteiger partial charge is 0.489 e. The van der Waals surface area contributed by atoms with Crippen molar-refractivity contribution in [1.82, 2.24) is 24.5 Å². The van der Waals surface area contributed by atoms with Crippen molar-refractivity contribution in [3.63, 3.8) is 0 Å². The number of rotatable bonds is 11. The predicted molar refractivity (Wildman–Crippen MR) is 274 cm³/mol. The molecule has 3 aromatic carbocycles. The zero-order valence-corrected chi connectivity index (χ0v) is 42.1. The summed E-state index contributed by atoms with van der Waals surface area (Å²) >= 11 is 0. The number of nitro benzene ring substituents is 1. The highest BCUT2D eigenvalue weighted by Gasteiger charge is 2.49. The Hall–Kier alpha value is -5.99. The summed E-state index contributed by atoms with van der Waals surface area (Å²) in [5.41, 5.74) is 5.55. The monoisotopic (exact) mass is 1000 g/mol. The van der Waals surface area contributed by atoms with Crippen LogP contribution in [0.1, 0.15) is 92.7 Å². The third-order valence-corrected chi connectivity index (χ3v) is 17.3. The summed E-state index contributed by atoms with van der Waals surface area (Å²) in [5, 5.41) is 16.6. The van der Waals surface area contributed by atoms with Crippen LogP contribution in [0.2, 0.25) is 0 Å². The number of hydrogen-bond donors (Lipinski definition) is 3. The highest BCUT2D eigenvalue weighted by atomic mass is 32.2. The second-order valence-corrected chi connectivity index (χ2v) is 22.5. The van der Waals surface area contributed by atoms with Gasteiger partial charge in [0.15, 0.2) is 11.4 Å². The fourth-order valence-electron chi connectivity index (χ4n) is 12.1. The molecule has 0 bridgehead atoms. The highest BCUT2D eigenvalue weighted by molar-refractivity contribution is 7.90. The normalized spacial score (nSPS) is 23.0. The van der Waals surface area contributed by atoms with E-state index in [0.717, 1.165) is 95.2 Å². The van der Waals surface area contributed by atoms with Crippen molar-refractivity contribution in [2.45, 2.75) is 94.3 Å². The Balaban J connectivity index is 0.862. The van der Waals surface area contributed by atoms with Crippen molar-refractivity contribution in [2.24, 2.45) is 5.41 Å². The average Bonchev–Trinajstić information content (AvgIpc) is 3.60. The van der Waals surface area contributed by atoms with Crippen molar-refractivity contribution in [1.29, 1.82) is 0 Å². The molecule has 6 aliphatic rings.